The molecule has 3 N–H and O–H groups in total. The van der Waals surface area contributed by atoms with E-state index in [4.69, 9.17) is 5.73 Å². The summed E-state index contributed by atoms with van der Waals surface area (Å²) in [5, 5.41) is 14.1. The van der Waals surface area contributed by atoms with Crippen LogP contribution in [0.2, 0.25) is 0 Å². The summed E-state index contributed by atoms with van der Waals surface area (Å²) in [5.74, 6) is 0. The SMILES string of the molecule is NC1CCCC(Nc2ccc([N+](=O)[O-])c(Br)c2)C1. The van der Waals surface area contributed by atoms with Gasteiger partial charge in [-0.15, -0.1) is 0 Å². The predicted molar refractivity (Wildman–Crippen MR) is 74.7 cm³/mol. The van der Waals surface area contributed by atoms with Gasteiger partial charge in [0.2, 0.25) is 0 Å². The highest BCUT2D eigenvalue weighted by Gasteiger charge is 2.19. The lowest BCUT2D eigenvalue weighted by Crippen LogP contribution is -2.34. The second kappa shape index (κ2) is 5.67. The van der Waals surface area contributed by atoms with E-state index in [0.29, 0.717) is 10.5 Å². The lowest BCUT2D eigenvalue weighted by atomic mass is 9.91. The molecule has 0 bridgehead atoms. The minimum absolute atomic E-state index is 0.0842. The molecule has 1 fully saturated rings. The van der Waals surface area contributed by atoms with Crippen molar-refractivity contribution in [2.75, 3.05) is 5.32 Å². The van der Waals surface area contributed by atoms with Gasteiger partial charge in [-0.25, -0.2) is 0 Å². The molecule has 18 heavy (non-hydrogen) atoms. The van der Waals surface area contributed by atoms with Crippen molar-refractivity contribution < 1.29 is 4.92 Å². The molecular weight excluding hydrogens is 298 g/mol. The zero-order valence-electron chi connectivity index (χ0n) is 9.93. The van der Waals surface area contributed by atoms with Gasteiger partial charge in [-0.05, 0) is 53.7 Å². The van der Waals surface area contributed by atoms with Gasteiger partial charge in [-0.3, -0.25) is 10.1 Å². The second-order valence-electron chi connectivity index (χ2n) is 4.69. The Bertz CT molecular complexity index is 453. The molecule has 1 aromatic rings. The van der Waals surface area contributed by atoms with E-state index in [9.17, 15) is 10.1 Å². The number of nitrogens with one attached hydrogen (secondary N) is 1. The third kappa shape index (κ3) is 3.20. The molecule has 98 valence electrons. The molecule has 0 amide bonds. The number of rotatable bonds is 3. The van der Waals surface area contributed by atoms with Gasteiger partial charge in [-0.2, -0.15) is 0 Å². The highest BCUT2D eigenvalue weighted by molar-refractivity contribution is 9.10. The zero-order valence-corrected chi connectivity index (χ0v) is 11.5. The van der Waals surface area contributed by atoms with Gasteiger partial charge in [0.1, 0.15) is 0 Å². The third-order valence-electron chi connectivity index (χ3n) is 3.23. The Morgan fingerprint density at radius 2 is 2.22 bits per heavy atom. The van der Waals surface area contributed by atoms with E-state index >= 15 is 0 Å². The van der Waals surface area contributed by atoms with E-state index in [1.807, 2.05) is 0 Å². The number of benzene rings is 1. The molecule has 2 unspecified atom stereocenters. The average molecular weight is 314 g/mol. The largest absolute Gasteiger partial charge is 0.382 e. The van der Waals surface area contributed by atoms with Crippen LogP contribution in [0.25, 0.3) is 0 Å². The first-order valence-corrected chi connectivity index (χ1v) is 6.81. The Balaban J connectivity index is 2.05. The maximum atomic E-state index is 10.7. The van der Waals surface area contributed by atoms with Crippen molar-refractivity contribution in [1.82, 2.24) is 0 Å². The number of anilines is 1. The molecule has 0 radical (unpaired) electrons. The first-order valence-electron chi connectivity index (χ1n) is 6.02. The number of hydrogen-bond acceptors (Lipinski definition) is 4. The molecule has 2 rings (SSSR count). The van der Waals surface area contributed by atoms with Gasteiger partial charge in [0.05, 0.1) is 9.40 Å². The summed E-state index contributed by atoms with van der Waals surface area (Å²) in [6.45, 7) is 0. The summed E-state index contributed by atoms with van der Waals surface area (Å²) in [4.78, 5) is 10.3. The van der Waals surface area contributed by atoms with Gasteiger partial charge in [0, 0.05) is 23.8 Å². The van der Waals surface area contributed by atoms with Crippen molar-refractivity contribution in [3.05, 3.63) is 32.8 Å². The summed E-state index contributed by atoms with van der Waals surface area (Å²) in [6.07, 6.45) is 4.27. The molecule has 1 aliphatic carbocycles. The Morgan fingerprint density at radius 1 is 1.44 bits per heavy atom. The van der Waals surface area contributed by atoms with Crippen molar-refractivity contribution in [3.63, 3.8) is 0 Å². The predicted octanol–water partition coefficient (Wildman–Crippen LogP) is 3.04. The van der Waals surface area contributed by atoms with Crippen LogP contribution in [0.1, 0.15) is 25.7 Å². The lowest BCUT2D eigenvalue weighted by molar-refractivity contribution is -0.385. The number of nitrogens with zero attached hydrogens (tertiary/aromatic N) is 1. The van der Waals surface area contributed by atoms with E-state index in [-0.39, 0.29) is 11.7 Å². The Kier molecular flexibility index (Phi) is 4.19. The monoisotopic (exact) mass is 313 g/mol. The van der Waals surface area contributed by atoms with Gasteiger partial charge < -0.3 is 11.1 Å². The van der Waals surface area contributed by atoms with E-state index in [2.05, 4.69) is 21.2 Å². The summed E-state index contributed by atoms with van der Waals surface area (Å²) in [5.41, 5.74) is 6.91. The first-order chi connectivity index (χ1) is 8.56. The van der Waals surface area contributed by atoms with Crippen LogP contribution in [-0.4, -0.2) is 17.0 Å². The fraction of sp³-hybridized carbons (Fsp3) is 0.500. The summed E-state index contributed by atoms with van der Waals surface area (Å²) in [7, 11) is 0. The molecule has 0 spiro atoms. The Morgan fingerprint density at radius 3 is 2.83 bits per heavy atom. The molecule has 0 aliphatic heterocycles. The zero-order chi connectivity index (χ0) is 13.1. The molecule has 1 saturated carbocycles. The van der Waals surface area contributed by atoms with Crippen LogP contribution < -0.4 is 11.1 Å². The van der Waals surface area contributed by atoms with E-state index < -0.39 is 4.92 Å². The Hall–Kier alpha value is -1.14. The van der Waals surface area contributed by atoms with Crippen LogP contribution in [0.3, 0.4) is 0 Å². The van der Waals surface area contributed by atoms with Crippen molar-refractivity contribution in [2.24, 2.45) is 5.73 Å². The second-order valence-corrected chi connectivity index (χ2v) is 5.55. The van der Waals surface area contributed by atoms with Crippen molar-refractivity contribution in [2.45, 2.75) is 37.8 Å². The molecule has 6 heteroatoms. The van der Waals surface area contributed by atoms with Crippen LogP contribution in [0, 0.1) is 10.1 Å². The Labute approximate surface area is 114 Å². The average Bonchev–Trinajstić information content (AvgIpc) is 2.28. The number of hydrogen-bond donors (Lipinski definition) is 2. The normalized spacial score (nSPS) is 23.7. The minimum atomic E-state index is -0.398. The van der Waals surface area contributed by atoms with Crippen LogP contribution in [-0.2, 0) is 0 Å². The third-order valence-corrected chi connectivity index (χ3v) is 3.87. The first kappa shape index (κ1) is 13.3. The fourth-order valence-corrected chi connectivity index (χ4v) is 2.86. The molecule has 1 aliphatic rings. The maximum absolute atomic E-state index is 10.7. The number of halogens is 1. The molecule has 1 aromatic carbocycles. The van der Waals surface area contributed by atoms with E-state index in [1.165, 1.54) is 6.07 Å². The molecule has 0 aromatic heterocycles. The molecule has 0 heterocycles. The summed E-state index contributed by atoms with van der Waals surface area (Å²) in [6, 6.07) is 5.62. The minimum Gasteiger partial charge on any atom is -0.382 e. The topological polar surface area (TPSA) is 81.2 Å². The van der Waals surface area contributed by atoms with Crippen molar-refractivity contribution >= 4 is 27.3 Å². The van der Waals surface area contributed by atoms with E-state index in [0.717, 1.165) is 31.4 Å². The van der Waals surface area contributed by atoms with E-state index in [1.54, 1.807) is 12.1 Å². The molecule has 5 nitrogen and oxygen atoms in total. The van der Waals surface area contributed by atoms with Crippen molar-refractivity contribution in [1.29, 1.82) is 0 Å². The van der Waals surface area contributed by atoms with Gasteiger partial charge in [-0.1, -0.05) is 0 Å². The fourth-order valence-electron chi connectivity index (χ4n) is 2.34. The number of nitro groups is 1. The highest BCUT2D eigenvalue weighted by Crippen LogP contribution is 2.29. The number of nitro benzene ring substituents is 1. The van der Waals surface area contributed by atoms with Gasteiger partial charge in [0.25, 0.3) is 5.69 Å². The maximum Gasteiger partial charge on any atom is 0.283 e. The smallest absolute Gasteiger partial charge is 0.283 e. The quantitative estimate of drug-likeness (QED) is 0.664. The van der Waals surface area contributed by atoms with Gasteiger partial charge in [0.15, 0.2) is 0 Å². The standard InChI is InChI=1S/C12H16BrN3O2/c13-11-7-10(4-5-12(11)16(17)18)15-9-3-1-2-8(14)6-9/h4-5,7-9,15H,1-3,6,14H2. The highest BCUT2D eigenvalue weighted by atomic mass is 79.9. The molecule has 0 saturated heterocycles. The van der Waals surface area contributed by atoms with Crippen LogP contribution in [0.15, 0.2) is 22.7 Å². The summed E-state index contributed by atoms with van der Waals surface area (Å²) >= 11 is 3.22. The van der Waals surface area contributed by atoms with Crippen LogP contribution in [0.5, 0.6) is 0 Å². The van der Waals surface area contributed by atoms with Crippen molar-refractivity contribution in [3.8, 4) is 0 Å². The number of nitrogens with two attached hydrogens (primary N) is 1. The van der Waals surface area contributed by atoms with Gasteiger partial charge >= 0.3 is 0 Å². The van der Waals surface area contributed by atoms with Crippen LogP contribution in [0.4, 0.5) is 11.4 Å². The van der Waals surface area contributed by atoms with Crippen LogP contribution >= 0.6 is 15.9 Å². The lowest BCUT2D eigenvalue weighted by Gasteiger charge is -2.28. The molecular formula is C12H16BrN3O2. The summed E-state index contributed by atoms with van der Waals surface area (Å²) < 4.78 is 0.498. The molecule has 2 atom stereocenters.